The summed E-state index contributed by atoms with van der Waals surface area (Å²) in [7, 11) is 0. The number of aromatic nitrogens is 3. The first-order valence-corrected chi connectivity index (χ1v) is 6.53. The fourth-order valence-corrected chi connectivity index (χ4v) is 2.11. The SMILES string of the molecule is Cc1[nH]nc2cc(NC(=O)C(F)(F)c3cccnc3)ccc12. The van der Waals surface area contributed by atoms with Crippen molar-refractivity contribution in [1.82, 2.24) is 15.2 Å². The van der Waals surface area contributed by atoms with Crippen molar-refractivity contribution < 1.29 is 13.6 Å². The molecule has 2 heterocycles. The van der Waals surface area contributed by atoms with Crippen LogP contribution in [0, 0.1) is 6.92 Å². The zero-order valence-corrected chi connectivity index (χ0v) is 11.6. The molecule has 0 saturated heterocycles. The van der Waals surface area contributed by atoms with Gasteiger partial charge in [-0.1, -0.05) is 0 Å². The molecule has 22 heavy (non-hydrogen) atoms. The second-order valence-corrected chi connectivity index (χ2v) is 4.85. The molecule has 1 amide bonds. The van der Waals surface area contributed by atoms with Crippen LogP contribution in [-0.4, -0.2) is 21.1 Å². The molecule has 112 valence electrons. The van der Waals surface area contributed by atoms with E-state index in [9.17, 15) is 13.6 Å². The van der Waals surface area contributed by atoms with Crippen LogP contribution in [0.5, 0.6) is 0 Å². The maximum absolute atomic E-state index is 14.1. The van der Waals surface area contributed by atoms with Gasteiger partial charge >= 0.3 is 5.92 Å². The lowest BCUT2D eigenvalue weighted by molar-refractivity contribution is -0.140. The molecule has 0 aliphatic heterocycles. The highest BCUT2D eigenvalue weighted by Gasteiger charge is 2.41. The molecule has 0 spiro atoms. The molecule has 3 rings (SSSR count). The number of aryl methyl sites for hydroxylation is 1. The third kappa shape index (κ3) is 2.41. The molecular formula is C15H12F2N4O. The molecule has 2 N–H and O–H groups in total. The van der Waals surface area contributed by atoms with Crippen molar-refractivity contribution in [1.29, 1.82) is 0 Å². The molecule has 0 aliphatic carbocycles. The first-order valence-electron chi connectivity index (χ1n) is 6.53. The van der Waals surface area contributed by atoms with Gasteiger partial charge in [-0.2, -0.15) is 13.9 Å². The summed E-state index contributed by atoms with van der Waals surface area (Å²) in [5.41, 5.74) is 1.27. The van der Waals surface area contributed by atoms with Gasteiger partial charge in [0.1, 0.15) is 0 Å². The van der Waals surface area contributed by atoms with Crippen molar-refractivity contribution in [2.24, 2.45) is 0 Å². The van der Waals surface area contributed by atoms with Crippen LogP contribution in [0.1, 0.15) is 11.3 Å². The summed E-state index contributed by atoms with van der Waals surface area (Å²) in [6.45, 7) is 1.85. The van der Waals surface area contributed by atoms with E-state index in [1.54, 1.807) is 12.1 Å². The van der Waals surface area contributed by atoms with Gasteiger partial charge in [0.05, 0.1) is 5.52 Å². The number of hydrogen-bond donors (Lipinski definition) is 2. The maximum atomic E-state index is 14.1. The van der Waals surface area contributed by atoms with Gasteiger partial charge in [-0.15, -0.1) is 0 Å². The number of pyridine rings is 1. The van der Waals surface area contributed by atoms with Crippen molar-refractivity contribution in [3.63, 3.8) is 0 Å². The number of fused-ring (bicyclic) bond motifs is 1. The number of carbonyl (C=O) groups is 1. The van der Waals surface area contributed by atoms with E-state index in [1.165, 1.54) is 18.3 Å². The molecule has 1 aromatic carbocycles. The number of alkyl halides is 2. The van der Waals surface area contributed by atoms with Crippen LogP contribution in [0.4, 0.5) is 14.5 Å². The second kappa shape index (κ2) is 5.18. The van der Waals surface area contributed by atoms with Crippen molar-refractivity contribution in [3.05, 3.63) is 54.0 Å². The van der Waals surface area contributed by atoms with E-state index in [0.717, 1.165) is 23.3 Å². The molecule has 0 aliphatic rings. The predicted octanol–water partition coefficient (Wildman–Crippen LogP) is 3.00. The lowest BCUT2D eigenvalue weighted by Gasteiger charge is -2.15. The van der Waals surface area contributed by atoms with Crippen LogP contribution in [0.25, 0.3) is 10.9 Å². The zero-order chi connectivity index (χ0) is 15.7. The average molecular weight is 302 g/mol. The number of rotatable bonds is 3. The molecule has 3 aromatic rings. The number of aromatic amines is 1. The van der Waals surface area contributed by atoms with Gasteiger partial charge in [0.15, 0.2) is 0 Å². The van der Waals surface area contributed by atoms with E-state index < -0.39 is 17.4 Å². The number of benzene rings is 1. The van der Waals surface area contributed by atoms with Gasteiger partial charge in [0.2, 0.25) is 0 Å². The minimum absolute atomic E-state index is 0.257. The largest absolute Gasteiger partial charge is 0.351 e. The normalized spacial score (nSPS) is 11.6. The topological polar surface area (TPSA) is 70.7 Å². The number of carbonyl (C=O) groups excluding carboxylic acids is 1. The highest BCUT2D eigenvalue weighted by atomic mass is 19.3. The Labute approximate surface area is 124 Å². The van der Waals surface area contributed by atoms with Crippen LogP contribution in [0.2, 0.25) is 0 Å². The van der Waals surface area contributed by atoms with Crippen LogP contribution in [-0.2, 0) is 10.7 Å². The Morgan fingerprint density at radius 1 is 1.32 bits per heavy atom. The Kier molecular flexibility index (Phi) is 3.32. The van der Waals surface area contributed by atoms with E-state index in [1.807, 2.05) is 6.92 Å². The summed E-state index contributed by atoms with van der Waals surface area (Å²) in [6.07, 6.45) is 2.34. The molecule has 7 heteroatoms. The third-order valence-corrected chi connectivity index (χ3v) is 3.31. The van der Waals surface area contributed by atoms with Gasteiger partial charge < -0.3 is 5.32 Å². The Morgan fingerprint density at radius 3 is 2.86 bits per heavy atom. The Hall–Kier alpha value is -2.83. The van der Waals surface area contributed by atoms with Crippen molar-refractivity contribution in [3.8, 4) is 0 Å². The number of nitrogens with one attached hydrogen (secondary N) is 2. The lowest BCUT2D eigenvalue weighted by atomic mass is 10.1. The Morgan fingerprint density at radius 2 is 2.14 bits per heavy atom. The molecule has 0 fully saturated rings. The number of halogens is 2. The highest BCUT2D eigenvalue weighted by molar-refractivity contribution is 5.98. The van der Waals surface area contributed by atoms with Crippen LogP contribution >= 0.6 is 0 Å². The number of amides is 1. The summed E-state index contributed by atoms with van der Waals surface area (Å²) in [5.74, 6) is -5.07. The van der Waals surface area contributed by atoms with Crippen molar-refractivity contribution in [2.75, 3.05) is 5.32 Å². The minimum Gasteiger partial charge on any atom is -0.320 e. The number of nitrogens with zero attached hydrogens (tertiary/aromatic N) is 2. The molecule has 0 bridgehead atoms. The van der Waals surface area contributed by atoms with E-state index in [0.29, 0.717) is 5.52 Å². The molecule has 0 atom stereocenters. The van der Waals surface area contributed by atoms with Crippen LogP contribution in [0.15, 0.2) is 42.7 Å². The van der Waals surface area contributed by atoms with Crippen molar-refractivity contribution >= 4 is 22.5 Å². The Bertz CT molecular complexity index is 830. The summed E-state index contributed by atoms with van der Waals surface area (Å²) >= 11 is 0. The fourth-order valence-electron chi connectivity index (χ4n) is 2.11. The second-order valence-electron chi connectivity index (χ2n) is 4.85. The van der Waals surface area contributed by atoms with Crippen LogP contribution < -0.4 is 5.32 Å². The summed E-state index contributed by atoms with van der Waals surface area (Å²) < 4.78 is 28.2. The molecule has 0 radical (unpaired) electrons. The quantitative estimate of drug-likeness (QED) is 0.781. The summed E-state index contributed by atoms with van der Waals surface area (Å²) in [4.78, 5) is 15.5. The van der Waals surface area contributed by atoms with Crippen molar-refractivity contribution in [2.45, 2.75) is 12.8 Å². The summed E-state index contributed by atoms with van der Waals surface area (Å²) in [6, 6.07) is 7.33. The number of anilines is 1. The Balaban J connectivity index is 1.86. The molecular weight excluding hydrogens is 290 g/mol. The highest BCUT2D eigenvalue weighted by Crippen LogP contribution is 2.29. The number of H-pyrrole nitrogens is 1. The fraction of sp³-hybridized carbons (Fsp3) is 0.133. The molecule has 0 unspecified atom stereocenters. The van der Waals surface area contributed by atoms with Crippen LogP contribution in [0.3, 0.4) is 0 Å². The average Bonchev–Trinajstić information content (AvgIpc) is 2.89. The summed E-state index contributed by atoms with van der Waals surface area (Å²) in [5, 5.41) is 9.91. The van der Waals surface area contributed by atoms with Gasteiger partial charge in [-0.3, -0.25) is 14.9 Å². The predicted molar refractivity (Wildman–Crippen MR) is 77.6 cm³/mol. The van der Waals surface area contributed by atoms with Gasteiger partial charge in [-0.25, -0.2) is 0 Å². The van der Waals surface area contributed by atoms with E-state index in [2.05, 4.69) is 20.5 Å². The van der Waals surface area contributed by atoms with Gasteiger partial charge in [0.25, 0.3) is 5.91 Å². The smallest absolute Gasteiger partial charge is 0.320 e. The maximum Gasteiger partial charge on any atom is 0.351 e. The molecule has 0 saturated carbocycles. The lowest BCUT2D eigenvalue weighted by Crippen LogP contribution is -2.32. The third-order valence-electron chi connectivity index (χ3n) is 3.31. The first-order chi connectivity index (χ1) is 10.5. The van der Waals surface area contributed by atoms with Gasteiger partial charge in [0, 0.05) is 34.7 Å². The molecule has 2 aromatic heterocycles. The first kappa shape index (κ1) is 14.1. The van der Waals surface area contributed by atoms with E-state index in [4.69, 9.17) is 0 Å². The molecule has 5 nitrogen and oxygen atoms in total. The zero-order valence-electron chi connectivity index (χ0n) is 11.6. The van der Waals surface area contributed by atoms with E-state index in [-0.39, 0.29) is 5.69 Å². The van der Waals surface area contributed by atoms with E-state index >= 15 is 0 Å². The van der Waals surface area contributed by atoms with Gasteiger partial charge in [-0.05, 0) is 37.3 Å². The standard InChI is InChI=1S/C15H12F2N4O/c1-9-12-5-4-11(7-13(12)21-20-9)19-14(22)15(16,17)10-3-2-6-18-8-10/h2-8H,1H3,(H,19,22)(H,20,21). The monoisotopic (exact) mass is 302 g/mol. The minimum atomic E-state index is -3.66. The number of hydrogen-bond acceptors (Lipinski definition) is 3.